The third-order valence-corrected chi connectivity index (χ3v) is 7.10. The van der Waals surface area contributed by atoms with E-state index in [0.717, 1.165) is 43.7 Å². The van der Waals surface area contributed by atoms with Crippen LogP contribution >= 0.6 is 11.3 Å². The van der Waals surface area contributed by atoms with Crippen molar-refractivity contribution in [2.24, 2.45) is 0 Å². The lowest BCUT2D eigenvalue weighted by Gasteiger charge is -2.37. The summed E-state index contributed by atoms with van der Waals surface area (Å²) in [6, 6.07) is 16.9. The van der Waals surface area contributed by atoms with Crippen LogP contribution in [0.5, 0.6) is 0 Å². The predicted octanol–water partition coefficient (Wildman–Crippen LogP) is 5.18. The maximum absolute atomic E-state index is 13.2. The summed E-state index contributed by atoms with van der Waals surface area (Å²) in [7, 11) is 0. The summed E-state index contributed by atoms with van der Waals surface area (Å²) >= 11 is 1.41. The molecular weight excluding hydrogens is 423 g/mol. The molecule has 0 saturated carbocycles. The lowest BCUT2D eigenvalue weighted by molar-refractivity contribution is 0.149. The molecule has 7 heteroatoms. The van der Waals surface area contributed by atoms with Gasteiger partial charge in [0, 0.05) is 36.6 Å². The molecule has 1 fully saturated rings. The highest BCUT2D eigenvalue weighted by atomic mass is 32.1. The molecule has 5 rings (SSSR count). The van der Waals surface area contributed by atoms with Crippen LogP contribution in [0.2, 0.25) is 0 Å². The van der Waals surface area contributed by atoms with E-state index in [4.69, 9.17) is 5.41 Å². The number of halogens is 1. The zero-order chi connectivity index (χ0) is 22.1. The molecule has 2 N–H and O–H groups in total. The molecule has 2 aliphatic heterocycles. The number of aliphatic hydroxyl groups excluding tert-OH is 1. The van der Waals surface area contributed by atoms with Gasteiger partial charge in [-0.25, -0.2) is 9.37 Å². The number of hydrogen-bond acceptors (Lipinski definition) is 5. The number of likely N-dealkylation sites (tertiary alicyclic amines) is 1. The second kappa shape index (κ2) is 8.84. The van der Waals surface area contributed by atoms with Gasteiger partial charge in [0.05, 0.1) is 17.8 Å². The van der Waals surface area contributed by atoms with Gasteiger partial charge in [-0.15, -0.1) is 11.3 Å². The Kier molecular flexibility index (Phi) is 5.76. The minimum atomic E-state index is -0.285. The number of piperidine rings is 1. The molecule has 0 bridgehead atoms. The Morgan fingerprint density at radius 3 is 2.50 bits per heavy atom. The molecule has 2 aliphatic rings. The lowest BCUT2D eigenvalue weighted by atomic mass is 10.0. The zero-order valence-corrected chi connectivity index (χ0v) is 18.5. The smallest absolute Gasteiger partial charge is 0.135 e. The van der Waals surface area contributed by atoms with Crippen LogP contribution in [0, 0.1) is 11.2 Å². The fourth-order valence-electron chi connectivity index (χ4n) is 4.51. The van der Waals surface area contributed by atoms with Gasteiger partial charge in [-0.05, 0) is 42.7 Å². The fraction of sp³-hybridized carbons (Fsp3) is 0.280. The van der Waals surface area contributed by atoms with Crippen LogP contribution in [0.25, 0.3) is 16.8 Å². The highest BCUT2D eigenvalue weighted by Gasteiger charge is 2.35. The van der Waals surface area contributed by atoms with Crippen LogP contribution in [-0.2, 0) is 6.54 Å². The second-order valence-corrected chi connectivity index (χ2v) is 9.19. The van der Waals surface area contributed by atoms with Crippen LogP contribution in [0.3, 0.4) is 0 Å². The van der Waals surface area contributed by atoms with E-state index in [2.05, 4.69) is 34.1 Å². The molecule has 5 nitrogen and oxygen atoms in total. The number of thiazole rings is 1. The van der Waals surface area contributed by atoms with Gasteiger partial charge in [0.2, 0.25) is 0 Å². The summed E-state index contributed by atoms with van der Waals surface area (Å²) in [5.74, 6) is 0.276. The van der Waals surface area contributed by atoms with Crippen molar-refractivity contribution in [3.63, 3.8) is 0 Å². The molecule has 0 amide bonds. The van der Waals surface area contributed by atoms with Crippen LogP contribution in [0.4, 0.5) is 4.39 Å². The number of aliphatic hydroxyl groups is 1. The van der Waals surface area contributed by atoms with E-state index in [1.807, 2.05) is 16.3 Å². The summed E-state index contributed by atoms with van der Waals surface area (Å²) in [4.78, 5) is 9.11. The molecule has 0 aliphatic carbocycles. The molecule has 1 saturated heterocycles. The Balaban J connectivity index is 1.24. The minimum absolute atomic E-state index is 0.210. The SMILES string of the molecule is N=C1C(c2nc(-c3ccc(F)cc3)cs2)=C(O)CN1C1CCN(Cc2ccccc2)CC1. The van der Waals surface area contributed by atoms with Crippen molar-refractivity contribution >= 4 is 22.7 Å². The largest absolute Gasteiger partial charge is 0.510 e. The van der Waals surface area contributed by atoms with E-state index in [1.54, 1.807) is 12.1 Å². The first kappa shape index (κ1) is 20.8. The first-order valence-corrected chi connectivity index (χ1v) is 11.7. The zero-order valence-electron chi connectivity index (χ0n) is 17.7. The fourth-order valence-corrected chi connectivity index (χ4v) is 5.40. The van der Waals surface area contributed by atoms with Gasteiger partial charge in [0.15, 0.2) is 0 Å². The monoisotopic (exact) mass is 448 g/mol. The standard InChI is InChI=1S/C25H25FN4OS/c26-19-8-6-18(7-9-19)21-16-32-25(28-21)23-22(31)15-30(24(23)27)20-10-12-29(13-11-20)14-17-4-2-1-3-5-17/h1-9,16,20,27,31H,10-15H2. The van der Waals surface area contributed by atoms with Crippen molar-refractivity contribution in [3.05, 3.63) is 82.1 Å². The Labute approximate surface area is 191 Å². The van der Waals surface area contributed by atoms with Gasteiger partial charge < -0.3 is 10.0 Å². The van der Waals surface area contributed by atoms with E-state index >= 15 is 0 Å². The molecule has 32 heavy (non-hydrogen) atoms. The Morgan fingerprint density at radius 1 is 1.06 bits per heavy atom. The number of hydrogen-bond donors (Lipinski definition) is 2. The van der Waals surface area contributed by atoms with E-state index in [9.17, 15) is 9.50 Å². The van der Waals surface area contributed by atoms with Gasteiger partial charge >= 0.3 is 0 Å². The summed E-state index contributed by atoms with van der Waals surface area (Å²) in [5, 5.41) is 22.0. The Bertz CT molecular complexity index is 1130. The maximum Gasteiger partial charge on any atom is 0.135 e. The topological polar surface area (TPSA) is 63.5 Å². The quantitative estimate of drug-likeness (QED) is 0.565. The molecule has 0 atom stereocenters. The van der Waals surface area contributed by atoms with Crippen molar-refractivity contribution < 1.29 is 9.50 Å². The van der Waals surface area contributed by atoms with E-state index < -0.39 is 0 Å². The van der Waals surface area contributed by atoms with Gasteiger partial charge in [0.25, 0.3) is 0 Å². The number of amidine groups is 1. The van der Waals surface area contributed by atoms with Gasteiger partial charge in [0.1, 0.15) is 22.4 Å². The van der Waals surface area contributed by atoms with Crippen LogP contribution in [0.15, 0.2) is 65.7 Å². The molecule has 164 valence electrons. The van der Waals surface area contributed by atoms with Gasteiger partial charge in [-0.1, -0.05) is 30.3 Å². The van der Waals surface area contributed by atoms with Crippen molar-refractivity contribution in [3.8, 4) is 11.3 Å². The van der Waals surface area contributed by atoms with Crippen molar-refractivity contribution in [1.82, 2.24) is 14.8 Å². The number of nitrogens with one attached hydrogen (secondary N) is 1. The average Bonchev–Trinajstić information content (AvgIpc) is 3.40. The third kappa shape index (κ3) is 4.18. The minimum Gasteiger partial charge on any atom is -0.510 e. The average molecular weight is 449 g/mol. The normalized spacial score (nSPS) is 18.0. The molecule has 3 aromatic rings. The maximum atomic E-state index is 13.2. The van der Waals surface area contributed by atoms with E-state index in [-0.39, 0.29) is 17.6 Å². The van der Waals surface area contributed by atoms with Crippen LogP contribution in [0.1, 0.15) is 23.4 Å². The van der Waals surface area contributed by atoms with Gasteiger partial charge in [-0.2, -0.15) is 0 Å². The van der Waals surface area contributed by atoms with E-state index in [1.165, 1.54) is 29.0 Å². The highest BCUT2D eigenvalue weighted by Crippen LogP contribution is 2.34. The Morgan fingerprint density at radius 2 is 1.78 bits per heavy atom. The molecule has 0 radical (unpaired) electrons. The molecule has 1 aromatic heterocycles. The summed E-state index contributed by atoms with van der Waals surface area (Å²) in [5.41, 5.74) is 3.39. The van der Waals surface area contributed by atoms with Gasteiger partial charge in [-0.3, -0.25) is 10.3 Å². The second-order valence-electron chi connectivity index (χ2n) is 8.34. The number of benzene rings is 2. The molecule has 2 aromatic carbocycles. The highest BCUT2D eigenvalue weighted by molar-refractivity contribution is 7.11. The first-order chi connectivity index (χ1) is 15.6. The molecule has 0 unspecified atom stereocenters. The summed E-state index contributed by atoms with van der Waals surface area (Å²) in [6.45, 7) is 3.27. The summed E-state index contributed by atoms with van der Waals surface area (Å²) < 4.78 is 13.2. The predicted molar refractivity (Wildman–Crippen MR) is 126 cm³/mol. The molecular formula is C25H25FN4OS. The van der Waals surface area contributed by atoms with Crippen molar-refractivity contribution in [2.75, 3.05) is 19.6 Å². The lowest BCUT2D eigenvalue weighted by Crippen LogP contribution is -2.45. The number of aromatic nitrogens is 1. The van der Waals surface area contributed by atoms with Crippen molar-refractivity contribution in [2.45, 2.75) is 25.4 Å². The number of rotatable bonds is 5. The Hall–Kier alpha value is -3.03. The first-order valence-electron chi connectivity index (χ1n) is 10.8. The summed E-state index contributed by atoms with van der Waals surface area (Å²) in [6.07, 6.45) is 1.93. The van der Waals surface area contributed by atoms with Crippen LogP contribution in [-0.4, -0.2) is 51.4 Å². The van der Waals surface area contributed by atoms with E-state index in [0.29, 0.717) is 23.0 Å². The number of nitrogens with zero attached hydrogens (tertiary/aromatic N) is 3. The molecule has 3 heterocycles. The van der Waals surface area contributed by atoms with Crippen molar-refractivity contribution in [1.29, 1.82) is 5.41 Å². The van der Waals surface area contributed by atoms with Crippen LogP contribution < -0.4 is 0 Å². The molecule has 0 spiro atoms. The third-order valence-electron chi connectivity index (χ3n) is 6.24.